The molecule has 0 saturated heterocycles. The van der Waals surface area contributed by atoms with Crippen LogP contribution in [0.5, 0.6) is 5.75 Å². The summed E-state index contributed by atoms with van der Waals surface area (Å²) in [6.45, 7) is 3.88. The summed E-state index contributed by atoms with van der Waals surface area (Å²) in [5.74, 6) is 1.24. The molecule has 1 aliphatic rings. The monoisotopic (exact) mass is 604 g/mol. The van der Waals surface area contributed by atoms with Crippen LogP contribution in [0.25, 0.3) is 0 Å². The van der Waals surface area contributed by atoms with Gasteiger partial charge in [0.05, 0.1) is 31.3 Å². The van der Waals surface area contributed by atoms with Crippen molar-refractivity contribution in [2.45, 2.75) is 24.2 Å². The van der Waals surface area contributed by atoms with Gasteiger partial charge in [0.1, 0.15) is 22.5 Å². The largest absolute Gasteiger partial charge is 0.495 e. The van der Waals surface area contributed by atoms with E-state index in [9.17, 15) is 8.42 Å². The van der Waals surface area contributed by atoms with Crippen molar-refractivity contribution in [3.63, 3.8) is 0 Å². The van der Waals surface area contributed by atoms with Gasteiger partial charge in [-0.25, -0.2) is 17.7 Å². The normalized spacial score (nSPS) is 14.0. The van der Waals surface area contributed by atoms with E-state index in [2.05, 4.69) is 37.6 Å². The molecule has 13 heteroatoms. The number of anilines is 4. The Morgan fingerprint density at radius 2 is 1.78 bits per heavy atom. The first-order chi connectivity index (χ1) is 19.7. The van der Waals surface area contributed by atoms with Crippen molar-refractivity contribution in [3.8, 4) is 5.75 Å². The highest BCUT2D eigenvalue weighted by Gasteiger charge is 2.22. The molecule has 0 saturated carbocycles. The van der Waals surface area contributed by atoms with Gasteiger partial charge in [-0.05, 0) is 54.7 Å². The standard InChI is InChI=1S/C28H37ClN6O5S/c1-34(2)41(36,37)26-9-6-5-8-23(26)31-27-22(29)18-30-28(33-27)32-24-16-20-10-13-35(12-7-15-40-19-38-3)14-11-21(20)17-25(24)39-4/h5-6,8-9,16-18H,7,10-15,19H2,1-4H3,(H2,30,31,32,33). The van der Waals surface area contributed by atoms with Crippen molar-refractivity contribution in [2.75, 3.05) is 72.0 Å². The van der Waals surface area contributed by atoms with Gasteiger partial charge in [-0.15, -0.1) is 0 Å². The van der Waals surface area contributed by atoms with E-state index in [0.717, 1.165) is 48.9 Å². The van der Waals surface area contributed by atoms with Gasteiger partial charge in [0.25, 0.3) is 0 Å². The first-order valence-corrected chi connectivity index (χ1v) is 15.1. The molecule has 0 fully saturated rings. The maximum Gasteiger partial charge on any atom is 0.244 e. The van der Waals surface area contributed by atoms with Crippen LogP contribution >= 0.6 is 11.6 Å². The van der Waals surface area contributed by atoms with E-state index >= 15 is 0 Å². The van der Waals surface area contributed by atoms with Crippen molar-refractivity contribution >= 4 is 44.8 Å². The average Bonchev–Trinajstić information content (AvgIpc) is 3.16. The minimum atomic E-state index is -3.70. The molecular weight excluding hydrogens is 568 g/mol. The minimum Gasteiger partial charge on any atom is -0.495 e. The van der Waals surface area contributed by atoms with E-state index in [0.29, 0.717) is 24.8 Å². The van der Waals surface area contributed by atoms with Gasteiger partial charge in [0, 0.05) is 40.8 Å². The molecule has 0 aliphatic carbocycles. The average molecular weight is 605 g/mol. The number of methoxy groups -OCH3 is 2. The Morgan fingerprint density at radius 3 is 2.49 bits per heavy atom. The van der Waals surface area contributed by atoms with Crippen LogP contribution in [0.4, 0.5) is 23.1 Å². The van der Waals surface area contributed by atoms with Crippen LogP contribution in [-0.2, 0) is 32.3 Å². The maximum absolute atomic E-state index is 12.8. The zero-order valence-corrected chi connectivity index (χ0v) is 25.4. The molecule has 0 unspecified atom stereocenters. The third kappa shape index (κ3) is 7.85. The van der Waals surface area contributed by atoms with Gasteiger partial charge in [0.15, 0.2) is 5.82 Å². The lowest BCUT2D eigenvalue weighted by molar-refractivity contribution is -0.0327. The second kappa shape index (κ2) is 14.3. The Labute approximate surface area is 246 Å². The molecule has 2 aromatic carbocycles. The second-order valence-corrected chi connectivity index (χ2v) is 12.3. The SMILES string of the molecule is COCOCCCN1CCc2cc(Nc3ncc(Cl)c(Nc4ccccc4S(=O)(=O)N(C)C)n3)c(OC)cc2CC1. The number of hydrogen-bond donors (Lipinski definition) is 2. The number of fused-ring (bicyclic) bond motifs is 1. The van der Waals surface area contributed by atoms with Crippen LogP contribution in [-0.4, -0.2) is 88.9 Å². The highest BCUT2D eigenvalue weighted by atomic mass is 35.5. The lowest BCUT2D eigenvalue weighted by Gasteiger charge is -2.19. The molecule has 222 valence electrons. The fraction of sp³-hybridized carbons (Fsp3) is 0.429. The Morgan fingerprint density at radius 1 is 1.05 bits per heavy atom. The molecule has 0 spiro atoms. The molecule has 1 aromatic heterocycles. The lowest BCUT2D eigenvalue weighted by atomic mass is 10.0. The summed E-state index contributed by atoms with van der Waals surface area (Å²) in [5, 5.41) is 6.57. The van der Waals surface area contributed by atoms with Crippen molar-refractivity contribution in [2.24, 2.45) is 0 Å². The predicted molar refractivity (Wildman–Crippen MR) is 160 cm³/mol. The quantitative estimate of drug-likeness (QED) is 0.216. The molecule has 0 radical (unpaired) electrons. The number of aromatic nitrogens is 2. The third-order valence-corrected chi connectivity index (χ3v) is 8.92. The van der Waals surface area contributed by atoms with Gasteiger partial charge in [-0.1, -0.05) is 23.7 Å². The number of sulfonamides is 1. The van der Waals surface area contributed by atoms with Crippen LogP contribution in [0, 0.1) is 0 Å². The molecule has 2 heterocycles. The number of halogens is 1. The Hall–Kier alpha value is -3.00. The number of para-hydroxylation sites is 1. The van der Waals surface area contributed by atoms with Crippen molar-refractivity contribution in [1.82, 2.24) is 19.2 Å². The third-order valence-electron chi connectivity index (χ3n) is 6.77. The second-order valence-electron chi connectivity index (χ2n) is 9.75. The van der Waals surface area contributed by atoms with Crippen LogP contribution in [0.2, 0.25) is 5.02 Å². The zero-order valence-electron chi connectivity index (χ0n) is 23.8. The van der Waals surface area contributed by atoms with Gasteiger partial charge in [0.2, 0.25) is 16.0 Å². The minimum absolute atomic E-state index is 0.109. The van der Waals surface area contributed by atoms with Crippen LogP contribution < -0.4 is 15.4 Å². The van der Waals surface area contributed by atoms with Gasteiger partial charge < -0.3 is 29.7 Å². The highest BCUT2D eigenvalue weighted by Crippen LogP contribution is 2.34. The fourth-order valence-electron chi connectivity index (χ4n) is 4.58. The number of rotatable bonds is 13. The molecule has 3 aromatic rings. The Bertz CT molecular complexity index is 1440. The number of hydrogen-bond acceptors (Lipinski definition) is 10. The first-order valence-electron chi connectivity index (χ1n) is 13.3. The van der Waals surface area contributed by atoms with Crippen molar-refractivity contribution in [3.05, 3.63) is 58.7 Å². The van der Waals surface area contributed by atoms with Gasteiger partial charge >= 0.3 is 0 Å². The highest BCUT2D eigenvalue weighted by molar-refractivity contribution is 7.89. The van der Waals surface area contributed by atoms with E-state index in [1.165, 1.54) is 37.5 Å². The van der Waals surface area contributed by atoms with Gasteiger partial charge in [-0.3, -0.25) is 0 Å². The van der Waals surface area contributed by atoms with Crippen LogP contribution in [0.15, 0.2) is 47.5 Å². The predicted octanol–water partition coefficient (Wildman–Crippen LogP) is 4.29. The van der Waals surface area contributed by atoms with E-state index < -0.39 is 10.0 Å². The summed E-state index contributed by atoms with van der Waals surface area (Å²) in [5.41, 5.74) is 3.58. The van der Waals surface area contributed by atoms with Crippen molar-refractivity contribution in [1.29, 1.82) is 0 Å². The van der Waals surface area contributed by atoms with E-state index in [1.807, 2.05) is 0 Å². The molecule has 2 N–H and O–H groups in total. The Kier molecular flexibility index (Phi) is 10.8. The topological polar surface area (TPSA) is 118 Å². The first kappa shape index (κ1) is 30.9. The molecule has 11 nitrogen and oxygen atoms in total. The van der Waals surface area contributed by atoms with E-state index in [-0.39, 0.29) is 21.7 Å². The maximum atomic E-state index is 12.8. The van der Waals surface area contributed by atoms with E-state index in [4.69, 9.17) is 25.8 Å². The number of nitrogens with one attached hydrogen (secondary N) is 2. The fourth-order valence-corrected chi connectivity index (χ4v) is 5.76. The van der Waals surface area contributed by atoms with Gasteiger partial charge in [-0.2, -0.15) is 4.98 Å². The summed E-state index contributed by atoms with van der Waals surface area (Å²) in [7, 11) is 2.53. The smallest absolute Gasteiger partial charge is 0.244 e. The Balaban J connectivity index is 1.51. The molecule has 0 atom stereocenters. The number of nitrogens with zero attached hydrogens (tertiary/aromatic N) is 4. The molecule has 0 bridgehead atoms. The van der Waals surface area contributed by atoms with E-state index in [1.54, 1.807) is 32.4 Å². The molecule has 1 aliphatic heterocycles. The van der Waals surface area contributed by atoms with Crippen LogP contribution in [0.1, 0.15) is 17.5 Å². The summed E-state index contributed by atoms with van der Waals surface area (Å²) >= 11 is 6.41. The summed E-state index contributed by atoms with van der Waals surface area (Å²) in [4.78, 5) is 11.4. The number of ether oxygens (including phenoxy) is 3. The van der Waals surface area contributed by atoms with Crippen LogP contribution in [0.3, 0.4) is 0 Å². The summed E-state index contributed by atoms with van der Waals surface area (Å²) < 4.78 is 42.9. The molecule has 4 rings (SSSR count). The van der Waals surface area contributed by atoms with Crippen molar-refractivity contribution < 1.29 is 22.6 Å². The molecule has 0 amide bonds. The summed E-state index contributed by atoms with van der Waals surface area (Å²) in [6.07, 6.45) is 4.24. The summed E-state index contributed by atoms with van der Waals surface area (Å²) in [6, 6.07) is 10.7. The zero-order chi connectivity index (χ0) is 29.4. The lowest BCUT2D eigenvalue weighted by Crippen LogP contribution is -2.28. The number of benzene rings is 2. The molecule has 41 heavy (non-hydrogen) atoms. The molecular formula is C28H37ClN6O5S.